The normalized spacial score (nSPS) is 12.2. The highest BCUT2D eigenvalue weighted by Crippen LogP contribution is 2.13. The van der Waals surface area contributed by atoms with Crippen molar-refractivity contribution < 1.29 is 19.1 Å². The van der Waals surface area contributed by atoms with Crippen LogP contribution in [0.15, 0.2) is 30.5 Å². The van der Waals surface area contributed by atoms with Crippen molar-refractivity contribution in [1.29, 1.82) is 0 Å². The van der Waals surface area contributed by atoms with E-state index in [1.165, 1.54) is 16.8 Å². The van der Waals surface area contributed by atoms with Gasteiger partial charge in [-0.1, -0.05) is 13.8 Å². The minimum Gasteiger partial charge on any atom is -0.480 e. The molecule has 0 unspecified atom stereocenters. The van der Waals surface area contributed by atoms with Crippen LogP contribution in [0.1, 0.15) is 36.3 Å². The van der Waals surface area contributed by atoms with E-state index >= 15 is 0 Å². The van der Waals surface area contributed by atoms with Crippen LogP contribution in [-0.2, 0) is 4.79 Å². The average molecular weight is 333 g/mol. The van der Waals surface area contributed by atoms with Crippen molar-refractivity contribution in [2.24, 2.45) is 5.92 Å². The zero-order chi connectivity index (χ0) is 17.9. The number of halogens is 1. The summed E-state index contributed by atoms with van der Waals surface area (Å²) in [6, 6.07) is 4.72. The van der Waals surface area contributed by atoms with Gasteiger partial charge in [-0.2, -0.15) is 5.10 Å². The maximum Gasteiger partial charge on any atom is 0.326 e. The van der Waals surface area contributed by atoms with Gasteiger partial charge in [-0.3, -0.25) is 4.79 Å². The molecule has 1 aromatic heterocycles. The fraction of sp³-hybridized carbons (Fsp3) is 0.353. The summed E-state index contributed by atoms with van der Waals surface area (Å²) in [5.74, 6) is -1.85. The maximum absolute atomic E-state index is 13.0. The summed E-state index contributed by atoms with van der Waals surface area (Å²) in [7, 11) is 0. The van der Waals surface area contributed by atoms with Gasteiger partial charge in [0.1, 0.15) is 11.9 Å². The van der Waals surface area contributed by atoms with Crippen LogP contribution in [0, 0.1) is 18.7 Å². The van der Waals surface area contributed by atoms with E-state index in [0.717, 1.165) is 0 Å². The standard InChI is InChI=1S/C17H20FN3O3/c1-10(2)8-14(17(23)24)19-16(22)15-11(3)9-21(20-15)13-6-4-12(18)5-7-13/h4-7,9-10,14H,8H2,1-3H3,(H,19,22)(H,23,24)/t14-/m1/s1. The fourth-order valence-corrected chi connectivity index (χ4v) is 2.33. The molecule has 0 bridgehead atoms. The number of aryl methyl sites for hydroxylation is 1. The van der Waals surface area contributed by atoms with Crippen molar-refractivity contribution in [3.8, 4) is 5.69 Å². The molecule has 1 atom stereocenters. The van der Waals surface area contributed by atoms with Gasteiger partial charge in [0.05, 0.1) is 5.69 Å². The molecular formula is C17H20FN3O3. The molecule has 24 heavy (non-hydrogen) atoms. The topological polar surface area (TPSA) is 84.2 Å². The number of carboxylic acid groups (broad SMARTS) is 1. The number of carbonyl (C=O) groups is 2. The van der Waals surface area contributed by atoms with Gasteiger partial charge in [0.15, 0.2) is 5.69 Å². The van der Waals surface area contributed by atoms with Crippen LogP contribution in [-0.4, -0.2) is 32.8 Å². The van der Waals surface area contributed by atoms with E-state index in [4.69, 9.17) is 0 Å². The molecule has 2 N–H and O–H groups in total. The number of amides is 1. The van der Waals surface area contributed by atoms with Gasteiger partial charge in [0, 0.05) is 11.8 Å². The second-order valence-electron chi connectivity index (χ2n) is 6.08. The third-order valence-corrected chi connectivity index (χ3v) is 3.51. The molecule has 0 saturated heterocycles. The molecule has 2 aromatic rings. The Hall–Kier alpha value is -2.70. The van der Waals surface area contributed by atoms with E-state index in [1.807, 2.05) is 13.8 Å². The number of rotatable bonds is 6. The van der Waals surface area contributed by atoms with Crippen molar-refractivity contribution in [3.05, 3.63) is 47.5 Å². The van der Waals surface area contributed by atoms with Gasteiger partial charge in [-0.15, -0.1) is 0 Å². The van der Waals surface area contributed by atoms with Crippen LogP contribution in [0.3, 0.4) is 0 Å². The second-order valence-corrected chi connectivity index (χ2v) is 6.08. The highest BCUT2D eigenvalue weighted by Gasteiger charge is 2.24. The zero-order valence-electron chi connectivity index (χ0n) is 13.8. The summed E-state index contributed by atoms with van der Waals surface area (Å²) >= 11 is 0. The van der Waals surface area contributed by atoms with Gasteiger partial charge in [0.25, 0.3) is 5.91 Å². The first-order valence-electron chi connectivity index (χ1n) is 7.63. The summed E-state index contributed by atoms with van der Waals surface area (Å²) in [5, 5.41) is 15.9. The first-order chi connectivity index (χ1) is 11.3. The first kappa shape index (κ1) is 17.7. The Morgan fingerprint density at radius 3 is 2.46 bits per heavy atom. The van der Waals surface area contributed by atoms with Crippen LogP contribution >= 0.6 is 0 Å². The fourth-order valence-electron chi connectivity index (χ4n) is 2.33. The highest BCUT2D eigenvalue weighted by atomic mass is 19.1. The molecule has 0 fully saturated rings. The van der Waals surface area contributed by atoms with E-state index in [0.29, 0.717) is 17.7 Å². The molecule has 0 aliphatic carbocycles. The monoisotopic (exact) mass is 333 g/mol. The molecule has 1 amide bonds. The summed E-state index contributed by atoms with van der Waals surface area (Å²) in [5.41, 5.74) is 1.36. The van der Waals surface area contributed by atoms with Crippen LogP contribution in [0.25, 0.3) is 5.69 Å². The van der Waals surface area contributed by atoms with Crippen molar-refractivity contribution >= 4 is 11.9 Å². The molecule has 2 rings (SSSR count). The minimum atomic E-state index is -1.08. The van der Waals surface area contributed by atoms with Gasteiger partial charge in [-0.05, 0) is 43.5 Å². The van der Waals surface area contributed by atoms with Crippen LogP contribution < -0.4 is 5.32 Å². The predicted octanol–water partition coefficient (Wildman–Crippen LogP) is 2.55. The lowest BCUT2D eigenvalue weighted by atomic mass is 10.0. The lowest BCUT2D eigenvalue weighted by Crippen LogP contribution is -2.42. The molecule has 1 heterocycles. The Labute approximate surface area is 139 Å². The van der Waals surface area contributed by atoms with Gasteiger partial charge < -0.3 is 10.4 Å². The third kappa shape index (κ3) is 4.18. The summed E-state index contributed by atoms with van der Waals surface area (Å²) in [6.07, 6.45) is 1.97. The number of aromatic nitrogens is 2. The Kier molecular flexibility index (Phi) is 5.33. The zero-order valence-corrected chi connectivity index (χ0v) is 13.8. The molecule has 0 radical (unpaired) electrons. The summed E-state index contributed by atoms with van der Waals surface area (Å²) < 4.78 is 14.4. The number of hydrogen-bond acceptors (Lipinski definition) is 3. The second kappa shape index (κ2) is 7.25. The average Bonchev–Trinajstić information content (AvgIpc) is 2.88. The van der Waals surface area contributed by atoms with Crippen molar-refractivity contribution in [2.75, 3.05) is 0 Å². The Bertz CT molecular complexity index is 738. The van der Waals surface area contributed by atoms with E-state index in [1.54, 1.807) is 25.3 Å². The number of nitrogens with zero attached hydrogens (tertiary/aromatic N) is 2. The smallest absolute Gasteiger partial charge is 0.326 e. The number of hydrogen-bond donors (Lipinski definition) is 2. The van der Waals surface area contributed by atoms with Crippen molar-refractivity contribution in [1.82, 2.24) is 15.1 Å². The van der Waals surface area contributed by atoms with Crippen molar-refractivity contribution in [3.63, 3.8) is 0 Å². The molecule has 0 aliphatic heterocycles. The molecule has 0 spiro atoms. The summed E-state index contributed by atoms with van der Waals surface area (Å²) in [6.45, 7) is 5.48. The minimum absolute atomic E-state index is 0.129. The quantitative estimate of drug-likeness (QED) is 0.851. The summed E-state index contributed by atoms with van der Waals surface area (Å²) in [4.78, 5) is 23.6. The lowest BCUT2D eigenvalue weighted by molar-refractivity contribution is -0.139. The number of nitrogens with one attached hydrogen (secondary N) is 1. The van der Waals surface area contributed by atoms with Crippen LogP contribution in [0.5, 0.6) is 0 Å². The number of carbonyl (C=O) groups excluding carboxylic acids is 1. The van der Waals surface area contributed by atoms with Crippen molar-refractivity contribution in [2.45, 2.75) is 33.2 Å². The molecular weight excluding hydrogens is 313 g/mol. The largest absolute Gasteiger partial charge is 0.480 e. The predicted molar refractivity (Wildman–Crippen MR) is 86.6 cm³/mol. The van der Waals surface area contributed by atoms with E-state index in [9.17, 15) is 19.1 Å². The molecule has 128 valence electrons. The Morgan fingerprint density at radius 2 is 1.92 bits per heavy atom. The molecule has 0 saturated carbocycles. The van der Waals surface area contributed by atoms with Crippen LogP contribution in [0.2, 0.25) is 0 Å². The highest BCUT2D eigenvalue weighted by molar-refractivity contribution is 5.96. The van der Waals surface area contributed by atoms with E-state index in [2.05, 4.69) is 10.4 Å². The third-order valence-electron chi connectivity index (χ3n) is 3.51. The number of carboxylic acids is 1. The Morgan fingerprint density at radius 1 is 1.29 bits per heavy atom. The van der Waals surface area contributed by atoms with Gasteiger partial charge in [0.2, 0.25) is 0 Å². The first-order valence-corrected chi connectivity index (χ1v) is 7.63. The Balaban J connectivity index is 2.21. The SMILES string of the molecule is Cc1cn(-c2ccc(F)cc2)nc1C(=O)N[C@H](CC(C)C)C(=O)O. The molecule has 1 aromatic carbocycles. The van der Waals surface area contributed by atoms with Crippen LogP contribution in [0.4, 0.5) is 4.39 Å². The van der Waals surface area contributed by atoms with Gasteiger partial charge in [-0.25, -0.2) is 13.9 Å². The number of aliphatic carboxylic acids is 1. The molecule has 0 aliphatic rings. The van der Waals surface area contributed by atoms with Gasteiger partial charge >= 0.3 is 5.97 Å². The lowest BCUT2D eigenvalue weighted by Gasteiger charge is -2.15. The van der Waals surface area contributed by atoms with E-state index in [-0.39, 0.29) is 17.4 Å². The molecule has 7 heteroatoms. The maximum atomic E-state index is 13.0. The number of benzene rings is 1. The molecule has 6 nitrogen and oxygen atoms in total. The van der Waals surface area contributed by atoms with E-state index < -0.39 is 17.9 Å².